The molecule has 0 aromatic carbocycles. The third-order valence-electron chi connectivity index (χ3n) is 3.40. The van der Waals surface area contributed by atoms with Crippen molar-refractivity contribution in [3.63, 3.8) is 0 Å². The first-order valence-corrected chi connectivity index (χ1v) is 8.29. The van der Waals surface area contributed by atoms with Gasteiger partial charge in [0.25, 0.3) is 5.91 Å². The molecule has 110 valence electrons. The quantitative estimate of drug-likeness (QED) is 0.843. The first kappa shape index (κ1) is 15.1. The Labute approximate surface area is 124 Å². The van der Waals surface area contributed by atoms with E-state index < -0.39 is 0 Å². The van der Waals surface area contributed by atoms with Crippen molar-refractivity contribution in [2.24, 2.45) is 0 Å². The van der Waals surface area contributed by atoms with Crippen molar-refractivity contribution in [1.29, 1.82) is 0 Å². The van der Waals surface area contributed by atoms with Gasteiger partial charge in [0.05, 0.1) is 0 Å². The van der Waals surface area contributed by atoms with Crippen molar-refractivity contribution in [2.75, 3.05) is 17.6 Å². The highest BCUT2D eigenvalue weighted by Crippen LogP contribution is 2.31. The molecule has 1 saturated carbocycles. The Bertz CT molecular complexity index is 437. The largest absolute Gasteiger partial charge is 0.365 e. The van der Waals surface area contributed by atoms with Crippen LogP contribution in [0.15, 0.2) is 12.1 Å². The van der Waals surface area contributed by atoms with Crippen molar-refractivity contribution in [3.05, 3.63) is 17.8 Å². The van der Waals surface area contributed by atoms with E-state index in [1.165, 1.54) is 19.3 Å². The van der Waals surface area contributed by atoms with Crippen molar-refractivity contribution >= 4 is 23.5 Å². The van der Waals surface area contributed by atoms with Gasteiger partial charge in [-0.2, -0.15) is 11.8 Å². The Morgan fingerprint density at radius 3 is 2.85 bits per heavy atom. The molecule has 2 atom stereocenters. The average Bonchev–Trinajstić information content (AvgIpc) is 2.88. The van der Waals surface area contributed by atoms with Crippen molar-refractivity contribution in [2.45, 2.75) is 44.4 Å². The number of aromatic nitrogens is 2. The summed E-state index contributed by atoms with van der Waals surface area (Å²) in [5.41, 5.74) is 0.364. The maximum Gasteiger partial charge on any atom is 0.271 e. The van der Waals surface area contributed by atoms with E-state index in [9.17, 15) is 4.79 Å². The smallest absolute Gasteiger partial charge is 0.271 e. The van der Waals surface area contributed by atoms with Crippen LogP contribution in [0.5, 0.6) is 0 Å². The molecule has 2 N–H and O–H groups in total. The van der Waals surface area contributed by atoms with Crippen LogP contribution in [0.1, 0.15) is 43.6 Å². The Balaban J connectivity index is 1.95. The molecule has 1 aliphatic carbocycles. The predicted octanol–water partition coefficient (Wildman–Crippen LogP) is 2.31. The summed E-state index contributed by atoms with van der Waals surface area (Å²) >= 11 is 2.01. The number of hydrogen-bond acceptors (Lipinski definition) is 5. The molecule has 0 spiro atoms. The molecule has 5 nitrogen and oxygen atoms in total. The number of hydrogen-bond donors (Lipinski definition) is 2. The summed E-state index contributed by atoms with van der Waals surface area (Å²) in [5, 5.41) is 14.9. The fraction of sp³-hybridized carbons (Fsp3) is 0.643. The maximum absolute atomic E-state index is 11.6. The van der Waals surface area contributed by atoms with Crippen LogP contribution in [0, 0.1) is 0 Å². The number of amides is 1. The number of thioether (sulfide) groups is 1. The van der Waals surface area contributed by atoms with E-state index in [1.807, 2.05) is 24.8 Å². The van der Waals surface area contributed by atoms with E-state index in [2.05, 4.69) is 27.8 Å². The highest BCUT2D eigenvalue weighted by Gasteiger charge is 2.27. The zero-order chi connectivity index (χ0) is 14.4. The standard InChI is InChI=1S/C14H22N4OS/c1-3-15-14(19)11-8-9-13(18-17-11)16-10-6-5-7-12(10)20-4-2/h8-10,12H,3-7H2,1-2H3,(H,15,19)(H,16,18). The molecule has 0 radical (unpaired) electrons. The molecule has 2 unspecified atom stereocenters. The first-order valence-electron chi connectivity index (χ1n) is 7.24. The van der Waals surface area contributed by atoms with E-state index in [0.717, 1.165) is 11.6 Å². The molecule has 1 fully saturated rings. The van der Waals surface area contributed by atoms with E-state index in [1.54, 1.807) is 6.07 Å². The summed E-state index contributed by atoms with van der Waals surface area (Å²) in [6.07, 6.45) is 3.71. The Hall–Kier alpha value is -1.30. The molecular formula is C14H22N4OS. The molecule has 0 bridgehead atoms. The van der Waals surface area contributed by atoms with Crippen LogP contribution in [0.3, 0.4) is 0 Å². The van der Waals surface area contributed by atoms with Gasteiger partial charge in [0.15, 0.2) is 5.69 Å². The van der Waals surface area contributed by atoms with Gasteiger partial charge in [0.1, 0.15) is 5.82 Å². The number of anilines is 1. The molecule has 1 heterocycles. The van der Waals surface area contributed by atoms with Crippen LogP contribution < -0.4 is 10.6 Å². The molecule has 2 rings (SSSR count). The molecule has 1 aromatic rings. The van der Waals surface area contributed by atoms with Crippen molar-refractivity contribution in [3.8, 4) is 0 Å². The second kappa shape index (κ2) is 7.47. The van der Waals surface area contributed by atoms with E-state index in [-0.39, 0.29) is 5.91 Å². The number of carbonyl (C=O) groups excluding carboxylic acids is 1. The topological polar surface area (TPSA) is 66.9 Å². The molecule has 1 aromatic heterocycles. The SMILES string of the molecule is CCNC(=O)c1ccc(NC2CCCC2SCC)nn1. The van der Waals surface area contributed by atoms with Gasteiger partial charge in [-0.1, -0.05) is 13.3 Å². The fourth-order valence-corrected chi connectivity index (χ4v) is 3.67. The van der Waals surface area contributed by atoms with Gasteiger partial charge >= 0.3 is 0 Å². The summed E-state index contributed by atoms with van der Waals surface area (Å²) in [6, 6.07) is 4.02. The van der Waals surface area contributed by atoms with Crippen LogP contribution in [0.2, 0.25) is 0 Å². The Morgan fingerprint density at radius 2 is 2.20 bits per heavy atom. The zero-order valence-electron chi connectivity index (χ0n) is 12.1. The fourth-order valence-electron chi connectivity index (χ4n) is 2.48. The van der Waals surface area contributed by atoms with Crippen LogP contribution in [0.4, 0.5) is 5.82 Å². The average molecular weight is 294 g/mol. The lowest BCUT2D eigenvalue weighted by molar-refractivity contribution is 0.0950. The third kappa shape index (κ3) is 3.85. The highest BCUT2D eigenvalue weighted by atomic mass is 32.2. The van der Waals surface area contributed by atoms with E-state index >= 15 is 0 Å². The van der Waals surface area contributed by atoms with Gasteiger partial charge < -0.3 is 10.6 Å². The summed E-state index contributed by atoms with van der Waals surface area (Å²) in [4.78, 5) is 11.6. The molecule has 20 heavy (non-hydrogen) atoms. The van der Waals surface area contributed by atoms with Gasteiger partial charge in [-0.05, 0) is 37.7 Å². The minimum absolute atomic E-state index is 0.174. The van der Waals surface area contributed by atoms with Gasteiger partial charge in [-0.3, -0.25) is 4.79 Å². The second-order valence-corrected chi connectivity index (χ2v) is 6.35. The lowest BCUT2D eigenvalue weighted by Crippen LogP contribution is -2.27. The van der Waals surface area contributed by atoms with Crippen LogP contribution in [-0.4, -0.2) is 39.7 Å². The monoisotopic (exact) mass is 294 g/mol. The van der Waals surface area contributed by atoms with Gasteiger partial charge in [-0.25, -0.2) is 0 Å². The summed E-state index contributed by atoms with van der Waals surface area (Å²) < 4.78 is 0. The lowest BCUT2D eigenvalue weighted by Gasteiger charge is -2.20. The minimum Gasteiger partial charge on any atom is -0.365 e. The molecule has 0 aliphatic heterocycles. The summed E-state index contributed by atoms with van der Waals surface area (Å²) in [5.74, 6) is 1.73. The van der Waals surface area contributed by atoms with Gasteiger partial charge in [-0.15, -0.1) is 10.2 Å². The summed E-state index contributed by atoms with van der Waals surface area (Å²) in [6.45, 7) is 4.67. The number of rotatable bonds is 6. The number of carbonyl (C=O) groups is 1. The zero-order valence-corrected chi connectivity index (χ0v) is 12.9. The minimum atomic E-state index is -0.174. The molecular weight excluding hydrogens is 272 g/mol. The second-order valence-electron chi connectivity index (χ2n) is 4.84. The normalized spacial score (nSPS) is 21.7. The van der Waals surface area contributed by atoms with E-state index in [0.29, 0.717) is 23.5 Å². The molecule has 0 saturated heterocycles. The Morgan fingerprint density at radius 1 is 1.35 bits per heavy atom. The highest BCUT2D eigenvalue weighted by molar-refractivity contribution is 7.99. The molecule has 1 amide bonds. The molecule has 1 aliphatic rings. The predicted molar refractivity (Wildman–Crippen MR) is 83.2 cm³/mol. The van der Waals surface area contributed by atoms with Crippen LogP contribution >= 0.6 is 11.8 Å². The lowest BCUT2D eigenvalue weighted by atomic mass is 10.2. The van der Waals surface area contributed by atoms with Gasteiger partial charge in [0, 0.05) is 17.8 Å². The third-order valence-corrected chi connectivity index (χ3v) is 4.73. The number of nitrogens with zero attached hydrogens (tertiary/aromatic N) is 2. The van der Waals surface area contributed by atoms with Crippen LogP contribution in [-0.2, 0) is 0 Å². The molecule has 6 heteroatoms. The number of nitrogens with one attached hydrogen (secondary N) is 2. The van der Waals surface area contributed by atoms with Crippen molar-refractivity contribution < 1.29 is 4.79 Å². The first-order chi connectivity index (χ1) is 9.74. The van der Waals surface area contributed by atoms with Crippen LogP contribution in [0.25, 0.3) is 0 Å². The van der Waals surface area contributed by atoms with Crippen molar-refractivity contribution in [1.82, 2.24) is 15.5 Å². The Kier molecular flexibility index (Phi) is 5.64. The van der Waals surface area contributed by atoms with Gasteiger partial charge in [0.2, 0.25) is 0 Å². The summed E-state index contributed by atoms with van der Waals surface area (Å²) in [7, 11) is 0. The van der Waals surface area contributed by atoms with E-state index in [4.69, 9.17) is 0 Å². The maximum atomic E-state index is 11.6.